The van der Waals surface area contributed by atoms with Crippen LogP contribution in [0.4, 0.5) is 0 Å². The van der Waals surface area contributed by atoms with E-state index in [1.165, 1.54) is 30.4 Å². The van der Waals surface area contributed by atoms with E-state index in [-0.39, 0.29) is 0 Å². The average molecular weight is 291 g/mol. The lowest BCUT2D eigenvalue weighted by Crippen LogP contribution is -2.29. The fourth-order valence-corrected chi connectivity index (χ4v) is 3.06. The Bertz CT molecular complexity index is 427. The summed E-state index contributed by atoms with van der Waals surface area (Å²) in [5.74, 6) is 0.930. The molecule has 1 aromatic rings. The molecule has 118 valence electrons. The van der Waals surface area contributed by atoms with Gasteiger partial charge in [0.15, 0.2) is 0 Å². The quantitative estimate of drug-likeness (QED) is 0.823. The Morgan fingerprint density at radius 1 is 1.38 bits per heavy atom. The first-order valence-electron chi connectivity index (χ1n) is 8.24. The Morgan fingerprint density at radius 2 is 2.24 bits per heavy atom. The third-order valence-electron chi connectivity index (χ3n) is 4.27. The van der Waals surface area contributed by atoms with E-state index in [1.807, 2.05) is 0 Å². The SMILES string of the molecule is CCCNC(CC1CCCCO1)c1ccc(OC)cc1C. The zero-order chi connectivity index (χ0) is 15.1. The van der Waals surface area contributed by atoms with Crippen LogP contribution in [0, 0.1) is 6.92 Å². The second-order valence-corrected chi connectivity index (χ2v) is 5.95. The molecule has 0 aliphatic carbocycles. The van der Waals surface area contributed by atoms with E-state index in [1.54, 1.807) is 7.11 Å². The Balaban J connectivity index is 2.10. The molecule has 0 saturated carbocycles. The van der Waals surface area contributed by atoms with Crippen LogP contribution in [0.3, 0.4) is 0 Å². The van der Waals surface area contributed by atoms with E-state index < -0.39 is 0 Å². The lowest BCUT2D eigenvalue weighted by molar-refractivity contribution is 0.00501. The average Bonchev–Trinajstić information content (AvgIpc) is 2.52. The predicted octanol–water partition coefficient (Wildman–Crippen LogP) is 4.00. The van der Waals surface area contributed by atoms with Gasteiger partial charge in [0, 0.05) is 12.6 Å². The maximum atomic E-state index is 5.93. The molecule has 0 radical (unpaired) electrons. The fraction of sp³-hybridized carbons (Fsp3) is 0.667. The van der Waals surface area contributed by atoms with Crippen molar-refractivity contribution in [1.82, 2.24) is 5.32 Å². The van der Waals surface area contributed by atoms with Crippen LogP contribution in [-0.2, 0) is 4.74 Å². The largest absolute Gasteiger partial charge is 0.497 e. The lowest BCUT2D eigenvalue weighted by Gasteiger charge is -2.29. The molecule has 2 unspecified atom stereocenters. The van der Waals surface area contributed by atoms with Crippen LogP contribution in [0.25, 0.3) is 0 Å². The van der Waals surface area contributed by atoms with E-state index in [4.69, 9.17) is 9.47 Å². The van der Waals surface area contributed by atoms with Crippen LogP contribution in [0.5, 0.6) is 5.75 Å². The van der Waals surface area contributed by atoms with Crippen molar-refractivity contribution in [1.29, 1.82) is 0 Å². The van der Waals surface area contributed by atoms with Crippen LogP contribution in [-0.4, -0.2) is 26.4 Å². The molecule has 0 spiro atoms. The topological polar surface area (TPSA) is 30.5 Å². The molecular formula is C18H29NO2. The van der Waals surface area contributed by atoms with Gasteiger partial charge in [-0.3, -0.25) is 0 Å². The van der Waals surface area contributed by atoms with E-state index in [0.29, 0.717) is 12.1 Å². The molecule has 1 aliphatic rings. The third kappa shape index (κ3) is 4.72. The molecular weight excluding hydrogens is 262 g/mol. The summed E-state index contributed by atoms with van der Waals surface area (Å²) in [6.07, 6.45) is 6.32. The predicted molar refractivity (Wildman–Crippen MR) is 87.0 cm³/mol. The number of hydrogen-bond acceptors (Lipinski definition) is 3. The maximum absolute atomic E-state index is 5.93. The minimum absolute atomic E-state index is 0.374. The standard InChI is InChI=1S/C18H29NO2/c1-4-10-19-18(13-16-7-5-6-11-21-16)17-9-8-15(20-3)12-14(17)2/h8-9,12,16,18-19H,4-7,10-11,13H2,1-3H3. The second kappa shape index (κ2) is 8.40. The highest BCUT2D eigenvalue weighted by atomic mass is 16.5. The van der Waals surface area contributed by atoms with Gasteiger partial charge < -0.3 is 14.8 Å². The first kappa shape index (κ1) is 16.3. The Hall–Kier alpha value is -1.06. The van der Waals surface area contributed by atoms with Crippen molar-refractivity contribution in [2.75, 3.05) is 20.3 Å². The molecule has 1 aromatic carbocycles. The monoisotopic (exact) mass is 291 g/mol. The number of benzene rings is 1. The second-order valence-electron chi connectivity index (χ2n) is 5.95. The molecule has 1 fully saturated rings. The van der Waals surface area contributed by atoms with Crippen molar-refractivity contribution in [2.45, 2.75) is 58.1 Å². The summed E-state index contributed by atoms with van der Waals surface area (Å²) in [6, 6.07) is 6.76. The van der Waals surface area contributed by atoms with Crippen LogP contribution in [0.2, 0.25) is 0 Å². The Morgan fingerprint density at radius 3 is 2.86 bits per heavy atom. The number of nitrogens with one attached hydrogen (secondary N) is 1. The minimum atomic E-state index is 0.374. The van der Waals surface area contributed by atoms with Crippen molar-refractivity contribution in [3.05, 3.63) is 29.3 Å². The number of ether oxygens (including phenoxy) is 2. The van der Waals surface area contributed by atoms with Crippen LogP contribution < -0.4 is 10.1 Å². The number of hydrogen-bond donors (Lipinski definition) is 1. The highest BCUT2D eigenvalue weighted by Gasteiger charge is 2.21. The maximum Gasteiger partial charge on any atom is 0.119 e. The van der Waals surface area contributed by atoms with E-state index in [9.17, 15) is 0 Å². The van der Waals surface area contributed by atoms with Gasteiger partial charge in [-0.25, -0.2) is 0 Å². The summed E-state index contributed by atoms with van der Waals surface area (Å²) >= 11 is 0. The lowest BCUT2D eigenvalue weighted by atomic mass is 9.93. The third-order valence-corrected chi connectivity index (χ3v) is 4.27. The van der Waals surface area contributed by atoms with Gasteiger partial charge in [-0.05, 0) is 68.8 Å². The van der Waals surface area contributed by atoms with Crippen LogP contribution >= 0.6 is 0 Å². The molecule has 21 heavy (non-hydrogen) atoms. The van der Waals surface area contributed by atoms with Gasteiger partial charge in [-0.2, -0.15) is 0 Å². The van der Waals surface area contributed by atoms with Crippen molar-refractivity contribution in [3.8, 4) is 5.75 Å². The van der Waals surface area contributed by atoms with Gasteiger partial charge in [0.25, 0.3) is 0 Å². The molecule has 0 bridgehead atoms. The molecule has 1 heterocycles. The molecule has 2 atom stereocenters. The highest BCUT2D eigenvalue weighted by Crippen LogP contribution is 2.28. The Labute approximate surface area is 129 Å². The zero-order valence-corrected chi connectivity index (χ0v) is 13.7. The van der Waals surface area contributed by atoms with Crippen LogP contribution in [0.1, 0.15) is 56.2 Å². The normalized spacial score (nSPS) is 20.2. The van der Waals surface area contributed by atoms with Gasteiger partial charge in [0.1, 0.15) is 5.75 Å². The number of rotatable bonds is 7. The van der Waals surface area contributed by atoms with E-state index in [2.05, 4.69) is 37.4 Å². The summed E-state index contributed by atoms with van der Waals surface area (Å²) in [6.45, 7) is 6.35. The summed E-state index contributed by atoms with van der Waals surface area (Å²) < 4.78 is 11.2. The minimum Gasteiger partial charge on any atom is -0.497 e. The number of aryl methyl sites for hydroxylation is 1. The van der Waals surface area contributed by atoms with E-state index in [0.717, 1.165) is 31.7 Å². The van der Waals surface area contributed by atoms with Gasteiger partial charge >= 0.3 is 0 Å². The molecule has 0 aromatic heterocycles. The number of methoxy groups -OCH3 is 1. The molecule has 1 saturated heterocycles. The molecule has 3 heteroatoms. The highest BCUT2D eigenvalue weighted by molar-refractivity contribution is 5.36. The molecule has 1 N–H and O–H groups in total. The van der Waals surface area contributed by atoms with Gasteiger partial charge in [-0.1, -0.05) is 13.0 Å². The van der Waals surface area contributed by atoms with E-state index >= 15 is 0 Å². The molecule has 2 rings (SSSR count). The van der Waals surface area contributed by atoms with Crippen molar-refractivity contribution >= 4 is 0 Å². The summed E-state index contributed by atoms with van der Waals surface area (Å²) in [5, 5.41) is 3.69. The molecule has 3 nitrogen and oxygen atoms in total. The first-order valence-corrected chi connectivity index (χ1v) is 8.24. The fourth-order valence-electron chi connectivity index (χ4n) is 3.06. The smallest absolute Gasteiger partial charge is 0.119 e. The Kier molecular flexibility index (Phi) is 6.52. The summed E-state index contributed by atoms with van der Waals surface area (Å²) in [5.41, 5.74) is 2.66. The van der Waals surface area contributed by atoms with Crippen LogP contribution in [0.15, 0.2) is 18.2 Å². The first-order chi connectivity index (χ1) is 10.2. The van der Waals surface area contributed by atoms with Gasteiger partial charge in [-0.15, -0.1) is 0 Å². The molecule has 0 amide bonds. The van der Waals surface area contributed by atoms with Crippen molar-refractivity contribution in [2.24, 2.45) is 0 Å². The van der Waals surface area contributed by atoms with Gasteiger partial charge in [0.2, 0.25) is 0 Å². The van der Waals surface area contributed by atoms with Crippen molar-refractivity contribution in [3.63, 3.8) is 0 Å². The summed E-state index contributed by atoms with van der Waals surface area (Å²) in [4.78, 5) is 0. The summed E-state index contributed by atoms with van der Waals surface area (Å²) in [7, 11) is 1.72. The van der Waals surface area contributed by atoms with Gasteiger partial charge in [0.05, 0.1) is 13.2 Å². The molecule has 1 aliphatic heterocycles. The van der Waals surface area contributed by atoms with Crippen molar-refractivity contribution < 1.29 is 9.47 Å². The zero-order valence-electron chi connectivity index (χ0n) is 13.7.